The number of nitrogens with two attached hydrogens (primary N) is 1. The van der Waals surface area contributed by atoms with Crippen LogP contribution in [0.5, 0.6) is 0 Å². The highest BCUT2D eigenvalue weighted by molar-refractivity contribution is 7.89. The molecule has 1 fully saturated rings. The molecule has 186 valence electrons. The van der Waals surface area contributed by atoms with E-state index in [1.165, 1.54) is 24.3 Å². The van der Waals surface area contributed by atoms with Crippen LogP contribution in [-0.4, -0.2) is 80.8 Å². The zero-order valence-corrected chi connectivity index (χ0v) is 19.5. The van der Waals surface area contributed by atoms with Crippen molar-refractivity contribution in [2.45, 2.75) is 10.9 Å². The van der Waals surface area contributed by atoms with Gasteiger partial charge in [-0.25, -0.2) is 8.42 Å². The molecule has 3 rings (SSSR count). The number of anilines is 1. The lowest BCUT2D eigenvalue weighted by Gasteiger charge is -2.34. The van der Waals surface area contributed by atoms with Crippen LogP contribution in [0, 0.1) is 5.41 Å². The maximum absolute atomic E-state index is 12.6. The summed E-state index contributed by atoms with van der Waals surface area (Å²) >= 11 is 0. The number of nitrogen functional groups attached to an aromatic ring is 1. The Kier molecular flexibility index (Phi) is 8.17. The maximum atomic E-state index is 12.6. The van der Waals surface area contributed by atoms with Gasteiger partial charge in [-0.2, -0.15) is 4.72 Å². The van der Waals surface area contributed by atoms with Gasteiger partial charge < -0.3 is 21.1 Å². The van der Waals surface area contributed by atoms with Gasteiger partial charge in [-0.05, 0) is 36.4 Å². The number of carboxylic acids is 1. The fraction of sp³-hybridized carbons (Fsp3) is 0.273. The number of carbonyl (C=O) groups is 3. The second kappa shape index (κ2) is 11.1. The Morgan fingerprint density at radius 3 is 2.31 bits per heavy atom. The van der Waals surface area contributed by atoms with Crippen molar-refractivity contribution < 1.29 is 27.9 Å². The largest absolute Gasteiger partial charge is 0.480 e. The predicted octanol–water partition coefficient (Wildman–Crippen LogP) is -0.833. The van der Waals surface area contributed by atoms with Gasteiger partial charge in [-0.1, -0.05) is 18.2 Å². The van der Waals surface area contributed by atoms with Crippen molar-refractivity contribution in [2.24, 2.45) is 5.73 Å². The van der Waals surface area contributed by atoms with Gasteiger partial charge >= 0.3 is 5.97 Å². The molecule has 0 aliphatic carbocycles. The Bertz CT molecular complexity index is 1200. The lowest BCUT2D eigenvalue weighted by molar-refractivity contribution is -0.138. The highest BCUT2D eigenvalue weighted by Crippen LogP contribution is 2.18. The first-order valence-corrected chi connectivity index (χ1v) is 12.1. The molecule has 2 aromatic rings. The van der Waals surface area contributed by atoms with Crippen LogP contribution < -0.4 is 20.7 Å². The number of hydrogen-bond acceptors (Lipinski definition) is 7. The van der Waals surface area contributed by atoms with E-state index in [2.05, 4.69) is 10.0 Å². The molecule has 13 heteroatoms. The molecular weight excluding hydrogens is 476 g/mol. The Balaban J connectivity index is 1.51. The van der Waals surface area contributed by atoms with Gasteiger partial charge in [0, 0.05) is 30.9 Å². The average Bonchev–Trinajstić information content (AvgIpc) is 2.82. The Hall–Kier alpha value is -3.81. The van der Waals surface area contributed by atoms with Crippen molar-refractivity contribution in [1.29, 1.82) is 5.41 Å². The Labute approximate surface area is 202 Å². The molecule has 0 aromatic heterocycles. The van der Waals surface area contributed by atoms with Crippen LogP contribution in [0.2, 0.25) is 0 Å². The van der Waals surface area contributed by atoms with Crippen LogP contribution in [0.25, 0.3) is 0 Å². The number of carbonyl (C=O) groups excluding carboxylic acids is 2. The molecule has 0 unspecified atom stereocenters. The fourth-order valence-corrected chi connectivity index (χ4v) is 4.67. The summed E-state index contributed by atoms with van der Waals surface area (Å²) in [4.78, 5) is 39.5. The number of amidine groups is 1. The number of sulfonamides is 1. The SMILES string of the molecule is N=C(N)c1ccc(N2CCN(CC(=O)NC[C@H](NS(=O)(=O)c3ccccc3)C(=O)O)CC2=O)cc1. The van der Waals surface area contributed by atoms with E-state index in [0.29, 0.717) is 24.3 Å². The summed E-state index contributed by atoms with van der Waals surface area (Å²) in [5, 5.41) is 19.2. The highest BCUT2D eigenvalue weighted by atomic mass is 32.2. The molecule has 35 heavy (non-hydrogen) atoms. The first-order chi connectivity index (χ1) is 16.6. The standard InChI is InChI=1S/C22H26N6O6S/c23-21(24)15-6-8-16(9-7-15)28-11-10-27(14-20(28)30)13-19(29)25-12-18(22(31)32)26-35(33,34)17-4-2-1-3-5-17/h1-9,18,26H,10-14H2,(H3,23,24)(H,25,29)(H,31,32)/t18-/m0/s1. The maximum Gasteiger partial charge on any atom is 0.323 e. The number of nitrogens with zero attached hydrogens (tertiary/aromatic N) is 2. The minimum absolute atomic E-state index is 0.0229. The third-order valence-electron chi connectivity index (χ3n) is 5.31. The first-order valence-electron chi connectivity index (χ1n) is 10.6. The number of amides is 2. The van der Waals surface area contributed by atoms with Crippen LogP contribution in [-0.2, 0) is 24.4 Å². The van der Waals surface area contributed by atoms with Gasteiger partial charge in [-0.3, -0.25) is 24.7 Å². The summed E-state index contributed by atoms with van der Waals surface area (Å²) in [5.41, 5.74) is 6.64. The highest BCUT2D eigenvalue weighted by Gasteiger charge is 2.28. The van der Waals surface area contributed by atoms with Crippen LogP contribution in [0.1, 0.15) is 5.56 Å². The molecule has 0 bridgehead atoms. The van der Waals surface area contributed by atoms with Gasteiger partial charge in [0.15, 0.2) is 0 Å². The predicted molar refractivity (Wildman–Crippen MR) is 127 cm³/mol. The lowest BCUT2D eigenvalue weighted by Crippen LogP contribution is -2.54. The summed E-state index contributed by atoms with van der Waals surface area (Å²) in [6, 6.07) is 12.4. The van der Waals surface area contributed by atoms with Crippen LogP contribution in [0.3, 0.4) is 0 Å². The number of nitrogens with one attached hydrogen (secondary N) is 3. The summed E-state index contributed by atoms with van der Waals surface area (Å²) in [6.07, 6.45) is 0. The van der Waals surface area contributed by atoms with E-state index in [1.54, 1.807) is 40.1 Å². The van der Waals surface area contributed by atoms with Crippen molar-refractivity contribution >= 4 is 39.3 Å². The molecule has 0 spiro atoms. The first kappa shape index (κ1) is 25.8. The van der Waals surface area contributed by atoms with E-state index in [0.717, 1.165) is 0 Å². The second-order valence-electron chi connectivity index (χ2n) is 7.85. The molecule has 12 nitrogen and oxygen atoms in total. The molecule has 1 atom stereocenters. The Morgan fingerprint density at radius 1 is 1.09 bits per heavy atom. The number of benzene rings is 2. The van der Waals surface area contributed by atoms with Gasteiger partial charge in [0.2, 0.25) is 21.8 Å². The monoisotopic (exact) mass is 502 g/mol. The van der Waals surface area contributed by atoms with E-state index >= 15 is 0 Å². The quantitative estimate of drug-likeness (QED) is 0.206. The third kappa shape index (κ3) is 6.85. The minimum atomic E-state index is -4.09. The normalized spacial score (nSPS) is 15.4. The average molecular weight is 503 g/mol. The fourth-order valence-electron chi connectivity index (χ4n) is 3.46. The number of piperazine rings is 1. The zero-order chi connectivity index (χ0) is 25.6. The van der Waals surface area contributed by atoms with E-state index in [9.17, 15) is 27.9 Å². The number of carboxylic acid groups (broad SMARTS) is 1. The van der Waals surface area contributed by atoms with Gasteiger partial charge in [0.25, 0.3) is 0 Å². The topological polar surface area (TPSA) is 186 Å². The minimum Gasteiger partial charge on any atom is -0.480 e. The summed E-state index contributed by atoms with van der Waals surface area (Å²) < 4.78 is 26.9. The summed E-state index contributed by atoms with van der Waals surface area (Å²) in [6.45, 7) is 0.0961. The van der Waals surface area contributed by atoms with Gasteiger partial charge in [0.05, 0.1) is 18.0 Å². The molecule has 0 radical (unpaired) electrons. The van der Waals surface area contributed by atoms with Gasteiger partial charge in [0.1, 0.15) is 11.9 Å². The summed E-state index contributed by atoms with van der Waals surface area (Å²) in [7, 11) is -4.09. The molecule has 1 aliphatic heterocycles. The molecule has 2 amide bonds. The number of rotatable bonds is 10. The molecule has 1 aliphatic rings. The summed E-state index contributed by atoms with van der Waals surface area (Å²) in [5.74, 6) is -2.28. The molecule has 1 saturated heterocycles. The van der Waals surface area contributed by atoms with Crippen molar-refractivity contribution in [2.75, 3.05) is 37.6 Å². The van der Waals surface area contributed by atoms with Crippen molar-refractivity contribution in [1.82, 2.24) is 14.9 Å². The van der Waals surface area contributed by atoms with Crippen LogP contribution in [0.4, 0.5) is 5.69 Å². The zero-order valence-electron chi connectivity index (χ0n) is 18.7. The van der Waals surface area contributed by atoms with Crippen LogP contribution >= 0.6 is 0 Å². The van der Waals surface area contributed by atoms with E-state index in [4.69, 9.17) is 11.1 Å². The van der Waals surface area contributed by atoms with Gasteiger partial charge in [-0.15, -0.1) is 0 Å². The molecule has 6 N–H and O–H groups in total. The molecule has 0 saturated carbocycles. The lowest BCUT2D eigenvalue weighted by atomic mass is 10.1. The second-order valence-corrected chi connectivity index (χ2v) is 9.56. The van der Waals surface area contributed by atoms with Crippen LogP contribution in [0.15, 0.2) is 59.5 Å². The number of hydrogen-bond donors (Lipinski definition) is 5. The smallest absolute Gasteiger partial charge is 0.323 e. The Morgan fingerprint density at radius 2 is 1.74 bits per heavy atom. The molecule has 2 aromatic carbocycles. The van der Waals surface area contributed by atoms with E-state index < -0.39 is 34.5 Å². The van der Waals surface area contributed by atoms with Crippen molar-refractivity contribution in [3.05, 3.63) is 60.2 Å². The van der Waals surface area contributed by atoms with E-state index in [-0.39, 0.29) is 29.7 Å². The number of aliphatic carboxylic acids is 1. The molecular formula is C22H26N6O6S. The van der Waals surface area contributed by atoms with Crippen molar-refractivity contribution in [3.8, 4) is 0 Å². The molecule has 1 heterocycles. The van der Waals surface area contributed by atoms with E-state index in [1.807, 2.05) is 0 Å². The van der Waals surface area contributed by atoms with Crippen molar-refractivity contribution in [3.63, 3.8) is 0 Å². The third-order valence-corrected chi connectivity index (χ3v) is 6.80.